The van der Waals surface area contributed by atoms with Crippen LogP contribution < -0.4 is 0 Å². The van der Waals surface area contributed by atoms with Crippen molar-refractivity contribution in [1.29, 1.82) is 0 Å². The largest absolute Gasteiger partial charge is 0.299 e. The number of benzene rings is 1. The second kappa shape index (κ2) is 4.95. The summed E-state index contributed by atoms with van der Waals surface area (Å²) >= 11 is 0. The molecule has 3 nitrogen and oxygen atoms in total. The molecule has 21 heavy (non-hydrogen) atoms. The van der Waals surface area contributed by atoms with Gasteiger partial charge in [0, 0.05) is 30.3 Å². The third kappa shape index (κ3) is 2.18. The number of rotatable bonds is 1. The van der Waals surface area contributed by atoms with Crippen molar-refractivity contribution in [2.24, 2.45) is 0 Å². The number of likely N-dealkylation sites (N-methyl/N-ethyl adjacent to an activating group) is 1. The summed E-state index contributed by atoms with van der Waals surface area (Å²) in [5.41, 5.74) is 5.95. The Morgan fingerprint density at radius 3 is 2.43 bits per heavy atom. The lowest BCUT2D eigenvalue weighted by Gasteiger charge is -2.29. The van der Waals surface area contributed by atoms with Gasteiger partial charge in [0.25, 0.3) is 0 Å². The summed E-state index contributed by atoms with van der Waals surface area (Å²) in [6.07, 6.45) is 0.975. The molecule has 1 aromatic carbocycles. The maximum atomic E-state index is 13.8. The number of hydrogen-bond acceptors (Lipinski definition) is 2. The Morgan fingerprint density at radius 2 is 1.81 bits per heavy atom. The molecule has 4 heteroatoms. The Kier molecular flexibility index (Phi) is 3.36. The fraction of sp³-hybridized carbons (Fsp3) is 0.471. The van der Waals surface area contributed by atoms with E-state index >= 15 is 0 Å². The van der Waals surface area contributed by atoms with Crippen LogP contribution in [-0.2, 0) is 6.42 Å². The highest BCUT2D eigenvalue weighted by molar-refractivity contribution is 5.44. The van der Waals surface area contributed by atoms with Gasteiger partial charge < -0.3 is 0 Å². The van der Waals surface area contributed by atoms with Gasteiger partial charge in [-0.3, -0.25) is 4.90 Å². The van der Waals surface area contributed by atoms with Gasteiger partial charge in [0.1, 0.15) is 5.82 Å². The van der Waals surface area contributed by atoms with Crippen LogP contribution in [0.4, 0.5) is 4.39 Å². The second-order valence-electron chi connectivity index (χ2n) is 6.16. The smallest absolute Gasteiger partial charge is 0.129 e. The Hall–Kier alpha value is -1.68. The molecule has 1 atom stereocenters. The molecule has 0 amide bonds. The van der Waals surface area contributed by atoms with E-state index in [4.69, 9.17) is 5.10 Å². The molecule has 112 valence electrons. The van der Waals surface area contributed by atoms with Gasteiger partial charge in [0.05, 0.1) is 11.4 Å². The lowest BCUT2D eigenvalue weighted by molar-refractivity contribution is 0.246. The van der Waals surface area contributed by atoms with E-state index in [-0.39, 0.29) is 5.82 Å². The molecule has 0 N–H and O–H groups in total. The molecule has 0 bridgehead atoms. The van der Waals surface area contributed by atoms with Crippen molar-refractivity contribution in [3.8, 4) is 5.69 Å². The Morgan fingerprint density at radius 1 is 1.19 bits per heavy atom. The van der Waals surface area contributed by atoms with Crippen LogP contribution in [0.5, 0.6) is 0 Å². The van der Waals surface area contributed by atoms with Crippen molar-refractivity contribution in [2.45, 2.75) is 40.2 Å². The lowest BCUT2D eigenvalue weighted by atomic mass is 9.98. The Balaban J connectivity index is 2.15. The molecule has 1 aliphatic heterocycles. The number of aromatic nitrogens is 2. The number of fused-ring (bicyclic) bond motifs is 1. The van der Waals surface area contributed by atoms with Crippen LogP contribution in [-0.4, -0.2) is 28.3 Å². The molecular formula is C17H22FN3. The maximum Gasteiger partial charge on any atom is 0.129 e. The summed E-state index contributed by atoms with van der Waals surface area (Å²) in [7, 11) is 2.15. The molecule has 0 unspecified atom stereocenters. The van der Waals surface area contributed by atoms with E-state index in [9.17, 15) is 4.39 Å². The first-order chi connectivity index (χ1) is 9.90. The van der Waals surface area contributed by atoms with Crippen LogP contribution in [0.1, 0.15) is 41.0 Å². The summed E-state index contributed by atoms with van der Waals surface area (Å²) in [5, 5.41) is 4.78. The average molecular weight is 287 g/mol. The molecule has 0 saturated carbocycles. The molecular weight excluding hydrogens is 265 g/mol. The van der Waals surface area contributed by atoms with Crippen LogP contribution in [0.25, 0.3) is 5.69 Å². The zero-order valence-electron chi connectivity index (χ0n) is 13.4. The molecule has 0 saturated heterocycles. The Bertz CT molecular complexity index is 679. The van der Waals surface area contributed by atoms with Crippen LogP contribution in [0.2, 0.25) is 0 Å². The van der Waals surface area contributed by atoms with Gasteiger partial charge in [0.15, 0.2) is 0 Å². The normalized spacial score (nSPS) is 18.9. The monoisotopic (exact) mass is 287 g/mol. The molecule has 2 aromatic rings. The van der Waals surface area contributed by atoms with Crippen LogP contribution in [0.3, 0.4) is 0 Å². The zero-order chi connectivity index (χ0) is 15.3. The molecule has 0 aliphatic carbocycles. The summed E-state index contributed by atoms with van der Waals surface area (Å²) in [6.45, 7) is 8.97. The predicted octanol–water partition coefficient (Wildman–Crippen LogP) is 3.49. The molecule has 3 rings (SSSR count). The SMILES string of the molecule is Cc1cc(-n2nc3c(c2C)[C@H](C)N(C)CC3)cc(C)c1F. The third-order valence-electron chi connectivity index (χ3n) is 4.69. The van der Waals surface area contributed by atoms with Crippen molar-refractivity contribution in [2.75, 3.05) is 13.6 Å². The molecule has 0 fully saturated rings. The van der Waals surface area contributed by atoms with Gasteiger partial charge in [-0.25, -0.2) is 9.07 Å². The van der Waals surface area contributed by atoms with E-state index in [0.29, 0.717) is 17.2 Å². The highest BCUT2D eigenvalue weighted by Gasteiger charge is 2.27. The van der Waals surface area contributed by atoms with E-state index in [1.807, 2.05) is 16.8 Å². The van der Waals surface area contributed by atoms with Gasteiger partial charge in [-0.15, -0.1) is 0 Å². The molecule has 2 heterocycles. The highest BCUT2D eigenvalue weighted by atomic mass is 19.1. The molecule has 0 radical (unpaired) electrons. The van der Waals surface area contributed by atoms with Crippen molar-refractivity contribution in [3.63, 3.8) is 0 Å². The van der Waals surface area contributed by atoms with E-state index in [0.717, 1.165) is 24.3 Å². The van der Waals surface area contributed by atoms with Crippen molar-refractivity contribution in [1.82, 2.24) is 14.7 Å². The van der Waals surface area contributed by atoms with E-state index in [1.165, 1.54) is 11.3 Å². The standard InChI is InChI=1S/C17H22FN3/c1-10-8-14(9-11(2)17(10)18)21-13(4)16-12(3)20(5)7-6-15(16)19-21/h8-9,12H,6-7H2,1-5H3/t12-/m0/s1. The van der Waals surface area contributed by atoms with Gasteiger partial charge in [-0.2, -0.15) is 5.10 Å². The highest BCUT2D eigenvalue weighted by Crippen LogP contribution is 2.32. The van der Waals surface area contributed by atoms with Gasteiger partial charge >= 0.3 is 0 Å². The van der Waals surface area contributed by atoms with Gasteiger partial charge in [-0.1, -0.05) is 0 Å². The fourth-order valence-electron chi connectivity index (χ4n) is 3.29. The van der Waals surface area contributed by atoms with Crippen molar-refractivity contribution >= 4 is 0 Å². The minimum Gasteiger partial charge on any atom is -0.299 e. The van der Waals surface area contributed by atoms with Crippen LogP contribution >= 0.6 is 0 Å². The number of halogens is 1. The maximum absolute atomic E-state index is 13.8. The topological polar surface area (TPSA) is 21.1 Å². The molecule has 1 aliphatic rings. The van der Waals surface area contributed by atoms with Crippen molar-refractivity contribution in [3.05, 3.63) is 46.0 Å². The quantitative estimate of drug-likeness (QED) is 0.800. The average Bonchev–Trinajstić information content (AvgIpc) is 2.77. The lowest BCUT2D eigenvalue weighted by Crippen LogP contribution is -2.30. The number of hydrogen-bond donors (Lipinski definition) is 0. The number of aryl methyl sites for hydroxylation is 2. The van der Waals surface area contributed by atoms with E-state index < -0.39 is 0 Å². The first kappa shape index (κ1) is 14.3. The van der Waals surface area contributed by atoms with Crippen LogP contribution in [0, 0.1) is 26.6 Å². The number of nitrogens with zero attached hydrogens (tertiary/aromatic N) is 3. The van der Waals surface area contributed by atoms with E-state index in [2.05, 4.69) is 25.8 Å². The molecule has 1 aromatic heterocycles. The van der Waals surface area contributed by atoms with Gasteiger partial charge in [-0.05, 0) is 58.0 Å². The van der Waals surface area contributed by atoms with Gasteiger partial charge in [0.2, 0.25) is 0 Å². The minimum atomic E-state index is -0.124. The van der Waals surface area contributed by atoms with Crippen molar-refractivity contribution < 1.29 is 4.39 Å². The fourth-order valence-corrected chi connectivity index (χ4v) is 3.29. The second-order valence-corrected chi connectivity index (χ2v) is 6.16. The Labute approximate surface area is 125 Å². The zero-order valence-corrected chi connectivity index (χ0v) is 13.4. The van der Waals surface area contributed by atoms with E-state index in [1.54, 1.807) is 13.8 Å². The predicted molar refractivity (Wildman–Crippen MR) is 82.5 cm³/mol. The summed E-state index contributed by atoms with van der Waals surface area (Å²) in [5.74, 6) is -0.124. The first-order valence-electron chi connectivity index (χ1n) is 7.46. The minimum absolute atomic E-state index is 0.124. The van der Waals surface area contributed by atoms with Crippen LogP contribution in [0.15, 0.2) is 12.1 Å². The summed E-state index contributed by atoms with van der Waals surface area (Å²) in [6, 6.07) is 4.13. The summed E-state index contributed by atoms with van der Waals surface area (Å²) in [4.78, 5) is 2.35. The molecule has 0 spiro atoms. The first-order valence-corrected chi connectivity index (χ1v) is 7.46. The third-order valence-corrected chi connectivity index (χ3v) is 4.69. The summed E-state index contributed by atoms with van der Waals surface area (Å²) < 4.78 is 15.8.